The number of benzene rings is 2. The van der Waals surface area contributed by atoms with Crippen LogP contribution >= 0.6 is 11.8 Å². The standard InChI is InChI=1S/C14H14BFO2S/c1-10-2-5-12(6-3-10)19-9-11-4-7-14(16)13(8-11)15(17)18/h2-8,17-18H,9H2,1H3. The van der Waals surface area contributed by atoms with E-state index in [1.54, 1.807) is 17.8 Å². The molecule has 0 unspecified atom stereocenters. The summed E-state index contributed by atoms with van der Waals surface area (Å²) in [5.41, 5.74) is 1.98. The molecule has 98 valence electrons. The molecule has 0 aliphatic carbocycles. The molecule has 2 rings (SSSR count). The Balaban J connectivity index is 2.07. The van der Waals surface area contributed by atoms with E-state index in [9.17, 15) is 4.39 Å². The molecule has 2 N–H and O–H groups in total. The first-order valence-corrected chi connectivity index (χ1v) is 6.89. The van der Waals surface area contributed by atoms with E-state index in [2.05, 4.69) is 0 Å². The molecular formula is C14H14BFO2S. The first-order valence-electron chi connectivity index (χ1n) is 5.90. The summed E-state index contributed by atoms with van der Waals surface area (Å²) in [6.45, 7) is 2.03. The Morgan fingerprint density at radius 2 is 1.79 bits per heavy atom. The number of halogens is 1. The van der Waals surface area contributed by atoms with Gasteiger partial charge in [-0.2, -0.15) is 0 Å². The van der Waals surface area contributed by atoms with Gasteiger partial charge in [0.1, 0.15) is 5.82 Å². The van der Waals surface area contributed by atoms with E-state index in [0.29, 0.717) is 5.75 Å². The molecule has 0 heterocycles. The van der Waals surface area contributed by atoms with Crippen LogP contribution < -0.4 is 5.46 Å². The summed E-state index contributed by atoms with van der Waals surface area (Å²) in [4.78, 5) is 1.13. The highest BCUT2D eigenvalue weighted by molar-refractivity contribution is 7.98. The maximum Gasteiger partial charge on any atom is 0.491 e. The van der Waals surface area contributed by atoms with Crippen molar-refractivity contribution in [2.75, 3.05) is 0 Å². The highest BCUT2D eigenvalue weighted by atomic mass is 32.2. The molecule has 0 radical (unpaired) electrons. The highest BCUT2D eigenvalue weighted by Gasteiger charge is 2.16. The Morgan fingerprint density at radius 3 is 2.42 bits per heavy atom. The van der Waals surface area contributed by atoms with Crippen molar-refractivity contribution in [3.63, 3.8) is 0 Å². The largest absolute Gasteiger partial charge is 0.491 e. The van der Waals surface area contributed by atoms with Crippen LogP contribution in [0.25, 0.3) is 0 Å². The minimum atomic E-state index is -1.77. The lowest BCUT2D eigenvalue weighted by Gasteiger charge is -2.06. The van der Waals surface area contributed by atoms with Gasteiger partial charge in [0, 0.05) is 16.1 Å². The molecule has 0 fully saturated rings. The zero-order chi connectivity index (χ0) is 13.8. The van der Waals surface area contributed by atoms with Gasteiger partial charge in [0.2, 0.25) is 0 Å². The molecule has 19 heavy (non-hydrogen) atoms. The SMILES string of the molecule is Cc1ccc(SCc2ccc(F)c(B(O)O)c2)cc1. The van der Waals surface area contributed by atoms with Gasteiger partial charge in [-0.25, -0.2) is 4.39 Å². The average Bonchev–Trinajstić information content (AvgIpc) is 2.39. The quantitative estimate of drug-likeness (QED) is 0.663. The van der Waals surface area contributed by atoms with Gasteiger partial charge < -0.3 is 10.0 Å². The predicted octanol–water partition coefficient (Wildman–Crippen LogP) is 2.11. The maximum absolute atomic E-state index is 13.3. The van der Waals surface area contributed by atoms with Crippen LogP contribution in [0.1, 0.15) is 11.1 Å². The summed E-state index contributed by atoms with van der Waals surface area (Å²) in [6.07, 6.45) is 0. The van der Waals surface area contributed by atoms with Crippen LogP contribution in [0, 0.1) is 12.7 Å². The van der Waals surface area contributed by atoms with Gasteiger partial charge >= 0.3 is 7.12 Å². The average molecular weight is 276 g/mol. The van der Waals surface area contributed by atoms with Crippen LogP contribution in [0.5, 0.6) is 0 Å². The summed E-state index contributed by atoms with van der Waals surface area (Å²) in [5.74, 6) is 0.0577. The third kappa shape index (κ3) is 3.83. The molecule has 0 aliphatic rings. The molecule has 0 atom stereocenters. The molecule has 0 aromatic heterocycles. The number of hydrogen-bond acceptors (Lipinski definition) is 3. The molecule has 0 saturated carbocycles. The van der Waals surface area contributed by atoms with E-state index in [-0.39, 0.29) is 5.46 Å². The summed E-state index contributed by atoms with van der Waals surface area (Å²) in [5, 5.41) is 18.1. The third-order valence-corrected chi connectivity index (χ3v) is 3.85. The Kier molecular flexibility index (Phi) is 4.63. The molecule has 0 saturated heterocycles. The lowest BCUT2D eigenvalue weighted by atomic mass is 9.79. The zero-order valence-electron chi connectivity index (χ0n) is 10.5. The lowest BCUT2D eigenvalue weighted by molar-refractivity contribution is 0.423. The lowest BCUT2D eigenvalue weighted by Crippen LogP contribution is -2.32. The van der Waals surface area contributed by atoms with E-state index < -0.39 is 12.9 Å². The highest BCUT2D eigenvalue weighted by Crippen LogP contribution is 2.22. The van der Waals surface area contributed by atoms with E-state index in [4.69, 9.17) is 10.0 Å². The second kappa shape index (κ2) is 6.24. The van der Waals surface area contributed by atoms with E-state index >= 15 is 0 Å². The van der Waals surface area contributed by atoms with Gasteiger partial charge in [-0.3, -0.25) is 0 Å². The number of thioether (sulfide) groups is 1. The molecule has 0 spiro atoms. The van der Waals surface area contributed by atoms with Crippen LogP contribution in [0.15, 0.2) is 47.4 Å². The summed E-state index contributed by atoms with van der Waals surface area (Å²) in [6, 6.07) is 12.5. The first-order chi connectivity index (χ1) is 9.06. The van der Waals surface area contributed by atoms with Crippen molar-refractivity contribution in [2.24, 2.45) is 0 Å². The predicted molar refractivity (Wildman–Crippen MR) is 77.0 cm³/mol. The molecule has 2 aromatic rings. The molecule has 2 nitrogen and oxygen atoms in total. The molecule has 0 aliphatic heterocycles. The first kappa shape index (κ1) is 14.1. The normalized spacial score (nSPS) is 10.5. The fourth-order valence-electron chi connectivity index (χ4n) is 1.68. The Hall–Kier alpha value is -1.30. The van der Waals surface area contributed by atoms with Crippen LogP contribution in [0.4, 0.5) is 4.39 Å². The van der Waals surface area contributed by atoms with Crippen LogP contribution in [-0.2, 0) is 5.75 Å². The monoisotopic (exact) mass is 276 g/mol. The number of rotatable bonds is 4. The van der Waals surface area contributed by atoms with Crippen LogP contribution in [0.3, 0.4) is 0 Å². The number of hydrogen-bond donors (Lipinski definition) is 2. The third-order valence-electron chi connectivity index (χ3n) is 2.77. The van der Waals surface area contributed by atoms with Crippen molar-refractivity contribution in [2.45, 2.75) is 17.6 Å². The van der Waals surface area contributed by atoms with E-state index in [1.165, 1.54) is 17.7 Å². The Labute approximate surface area is 116 Å². The van der Waals surface area contributed by atoms with Gasteiger partial charge in [0.15, 0.2) is 0 Å². The summed E-state index contributed by atoms with van der Waals surface area (Å²) < 4.78 is 13.3. The minimum absolute atomic E-state index is 0.0815. The van der Waals surface area contributed by atoms with Crippen molar-refractivity contribution in [3.8, 4) is 0 Å². The smallest absolute Gasteiger partial charge is 0.423 e. The van der Waals surface area contributed by atoms with Crippen molar-refractivity contribution < 1.29 is 14.4 Å². The zero-order valence-corrected chi connectivity index (χ0v) is 11.3. The summed E-state index contributed by atoms with van der Waals surface area (Å²) >= 11 is 1.62. The van der Waals surface area contributed by atoms with E-state index in [0.717, 1.165) is 10.5 Å². The topological polar surface area (TPSA) is 40.5 Å². The van der Waals surface area contributed by atoms with Gasteiger partial charge in [0.05, 0.1) is 0 Å². The van der Waals surface area contributed by atoms with Gasteiger partial charge in [-0.15, -0.1) is 11.8 Å². The van der Waals surface area contributed by atoms with Crippen molar-refractivity contribution in [1.82, 2.24) is 0 Å². The second-order valence-electron chi connectivity index (χ2n) is 4.33. The fourth-order valence-corrected chi connectivity index (χ4v) is 2.52. The van der Waals surface area contributed by atoms with Crippen LogP contribution in [0.2, 0.25) is 0 Å². The van der Waals surface area contributed by atoms with Gasteiger partial charge in [-0.05, 0) is 30.7 Å². The van der Waals surface area contributed by atoms with Crippen molar-refractivity contribution in [1.29, 1.82) is 0 Å². The molecule has 0 bridgehead atoms. The molecule has 5 heteroatoms. The number of aryl methyl sites for hydroxylation is 1. The Morgan fingerprint density at radius 1 is 1.11 bits per heavy atom. The molecular weight excluding hydrogens is 262 g/mol. The van der Waals surface area contributed by atoms with Crippen LogP contribution in [-0.4, -0.2) is 17.2 Å². The second-order valence-corrected chi connectivity index (χ2v) is 5.38. The summed E-state index contributed by atoms with van der Waals surface area (Å²) in [7, 11) is -1.77. The van der Waals surface area contributed by atoms with Gasteiger partial charge in [-0.1, -0.05) is 29.8 Å². The Bertz CT molecular complexity index is 558. The molecule has 2 aromatic carbocycles. The van der Waals surface area contributed by atoms with Crippen molar-refractivity contribution >= 4 is 24.3 Å². The van der Waals surface area contributed by atoms with E-state index in [1.807, 2.05) is 31.2 Å². The van der Waals surface area contributed by atoms with Crippen molar-refractivity contribution in [3.05, 3.63) is 59.4 Å². The minimum Gasteiger partial charge on any atom is -0.423 e. The molecule has 0 amide bonds. The fraction of sp³-hybridized carbons (Fsp3) is 0.143. The maximum atomic E-state index is 13.3. The van der Waals surface area contributed by atoms with Gasteiger partial charge in [0.25, 0.3) is 0 Å².